The molecule has 6 heteroatoms. The molecule has 2 rings (SSSR count). The molecule has 0 saturated carbocycles. The van der Waals surface area contributed by atoms with Gasteiger partial charge in [-0.1, -0.05) is 32.0 Å². The number of aliphatic carboxylic acids is 1. The molecule has 0 bridgehead atoms. The molecule has 0 aliphatic carbocycles. The van der Waals surface area contributed by atoms with Crippen LogP contribution in [-0.2, 0) is 4.79 Å². The predicted molar refractivity (Wildman–Crippen MR) is 74.4 cm³/mol. The maximum atomic E-state index is 12.2. The van der Waals surface area contributed by atoms with Gasteiger partial charge in [0, 0.05) is 5.39 Å². The van der Waals surface area contributed by atoms with Crippen molar-refractivity contribution in [3.63, 3.8) is 0 Å². The van der Waals surface area contributed by atoms with Crippen LogP contribution < -0.4 is 5.32 Å². The highest BCUT2D eigenvalue weighted by Crippen LogP contribution is 2.15. The highest BCUT2D eigenvalue weighted by atomic mass is 16.4. The molecule has 6 nitrogen and oxygen atoms in total. The quantitative estimate of drug-likeness (QED) is 0.775. The number of nitrogens with one attached hydrogen (secondary N) is 2. The van der Waals surface area contributed by atoms with E-state index in [0.717, 1.165) is 5.52 Å². The van der Waals surface area contributed by atoms with Crippen molar-refractivity contribution < 1.29 is 14.7 Å². The largest absolute Gasteiger partial charge is 0.480 e. The first-order valence-electron chi connectivity index (χ1n) is 6.45. The molecule has 1 unspecified atom stereocenters. The van der Waals surface area contributed by atoms with Crippen LogP contribution in [0.5, 0.6) is 0 Å². The van der Waals surface area contributed by atoms with Gasteiger partial charge in [-0.05, 0) is 18.4 Å². The fourth-order valence-corrected chi connectivity index (χ4v) is 2.06. The molecule has 0 spiro atoms. The standard InChI is InChI=1S/C14H17N3O3/c1-8(2)7-11(14(19)20)15-13(18)12-9-5-3-4-6-10(9)16-17-12/h3-6,8,11H,7H2,1-2H3,(H,15,18)(H,16,17)(H,19,20). The van der Waals surface area contributed by atoms with Gasteiger partial charge in [0.1, 0.15) is 6.04 Å². The van der Waals surface area contributed by atoms with E-state index in [1.54, 1.807) is 12.1 Å². The number of fused-ring (bicyclic) bond motifs is 1. The molecular weight excluding hydrogens is 258 g/mol. The Bertz CT molecular complexity index is 633. The van der Waals surface area contributed by atoms with Crippen molar-refractivity contribution in [2.75, 3.05) is 0 Å². The number of H-pyrrole nitrogens is 1. The molecule has 1 atom stereocenters. The zero-order valence-corrected chi connectivity index (χ0v) is 11.4. The van der Waals surface area contributed by atoms with Gasteiger partial charge >= 0.3 is 5.97 Å². The van der Waals surface area contributed by atoms with E-state index >= 15 is 0 Å². The first-order valence-corrected chi connectivity index (χ1v) is 6.45. The predicted octanol–water partition coefficient (Wildman–Crippen LogP) is 1.79. The summed E-state index contributed by atoms with van der Waals surface area (Å²) in [7, 11) is 0. The van der Waals surface area contributed by atoms with Crippen molar-refractivity contribution >= 4 is 22.8 Å². The third kappa shape index (κ3) is 2.96. The highest BCUT2D eigenvalue weighted by Gasteiger charge is 2.23. The van der Waals surface area contributed by atoms with Crippen LogP contribution in [0.3, 0.4) is 0 Å². The Kier molecular flexibility index (Phi) is 4.02. The number of amides is 1. The Morgan fingerprint density at radius 3 is 2.70 bits per heavy atom. The zero-order valence-electron chi connectivity index (χ0n) is 11.4. The third-order valence-electron chi connectivity index (χ3n) is 3.00. The molecule has 0 radical (unpaired) electrons. The maximum Gasteiger partial charge on any atom is 0.326 e. The molecule has 0 saturated heterocycles. The van der Waals surface area contributed by atoms with Gasteiger partial charge in [0.2, 0.25) is 0 Å². The van der Waals surface area contributed by atoms with Crippen molar-refractivity contribution in [2.45, 2.75) is 26.3 Å². The number of aromatic amines is 1. The van der Waals surface area contributed by atoms with Gasteiger partial charge in [0.15, 0.2) is 5.69 Å². The Balaban J connectivity index is 2.20. The second kappa shape index (κ2) is 5.73. The van der Waals surface area contributed by atoms with E-state index in [4.69, 9.17) is 5.11 Å². The fourth-order valence-electron chi connectivity index (χ4n) is 2.06. The summed E-state index contributed by atoms with van der Waals surface area (Å²) in [6.45, 7) is 3.82. The maximum absolute atomic E-state index is 12.2. The van der Waals surface area contributed by atoms with E-state index in [1.165, 1.54) is 0 Å². The first kappa shape index (κ1) is 14.0. The van der Waals surface area contributed by atoms with Gasteiger partial charge in [-0.25, -0.2) is 4.79 Å². The summed E-state index contributed by atoms with van der Waals surface area (Å²) in [4.78, 5) is 23.3. The Hall–Kier alpha value is -2.37. The molecule has 2 aromatic rings. The molecule has 1 aromatic carbocycles. The molecular formula is C14H17N3O3. The number of carbonyl (C=O) groups excluding carboxylic acids is 1. The second-order valence-electron chi connectivity index (χ2n) is 5.11. The van der Waals surface area contributed by atoms with Crippen LogP contribution >= 0.6 is 0 Å². The van der Waals surface area contributed by atoms with Crippen LogP contribution in [0.25, 0.3) is 10.9 Å². The number of carboxylic acids is 1. The number of benzene rings is 1. The summed E-state index contributed by atoms with van der Waals surface area (Å²) in [5, 5.41) is 19.1. The number of hydrogen-bond acceptors (Lipinski definition) is 3. The minimum absolute atomic E-state index is 0.173. The van der Waals surface area contributed by atoms with E-state index in [1.807, 2.05) is 26.0 Å². The number of carboxylic acid groups (broad SMARTS) is 1. The third-order valence-corrected chi connectivity index (χ3v) is 3.00. The van der Waals surface area contributed by atoms with Gasteiger partial charge in [0.05, 0.1) is 5.52 Å². The summed E-state index contributed by atoms with van der Waals surface area (Å²) in [5.41, 5.74) is 0.962. The Morgan fingerprint density at radius 1 is 1.35 bits per heavy atom. The van der Waals surface area contributed by atoms with Crippen molar-refractivity contribution in [3.8, 4) is 0 Å². The average molecular weight is 275 g/mol. The Morgan fingerprint density at radius 2 is 2.05 bits per heavy atom. The van der Waals surface area contributed by atoms with Crippen LogP contribution in [0, 0.1) is 5.92 Å². The van der Waals surface area contributed by atoms with Gasteiger partial charge < -0.3 is 10.4 Å². The van der Waals surface area contributed by atoms with Gasteiger partial charge in [-0.2, -0.15) is 5.10 Å². The smallest absolute Gasteiger partial charge is 0.326 e. The summed E-state index contributed by atoms with van der Waals surface area (Å²) < 4.78 is 0. The second-order valence-corrected chi connectivity index (χ2v) is 5.11. The van der Waals surface area contributed by atoms with Crippen molar-refractivity contribution in [1.82, 2.24) is 15.5 Å². The molecule has 1 amide bonds. The molecule has 1 heterocycles. The molecule has 1 aromatic heterocycles. The first-order chi connectivity index (χ1) is 9.49. The van der Waals surface area contributed by atoms with Gasteiger partial charge in [-0.15, -0.1) is 0 Å². The lowest BCUT2D eigenvalue weighted by atomic mass is 10.0. The van der Waals surface area contributed by atoms with Crippen molar-refractivity contribution in [1.29, 1.82) is 0 Å². The van der Waals surface area contributed by atoms with E-state index in [0.29, 0.717) is 11.8 Å². The SMILES string of the molecule is CC(C)CC(NC(=O)c1n[nH]c2ccccc12)C(=O)O. The highest BCUT2D eigenvalue weighted by molar-refractivity contribution is 6.05. The normalized spacial score (nSPS) is 12.6. The van der Waals surface area contributed by atoms with Gasteiger partial charge in [-0.3, -0.25) is 9.89 Å². The van der Waals surface area contributed by atoms with Crippen LogP contribution in [-0.4, -0.2) is 33.2 Å². The number of carbonyl (C=O) groups is 2. The van der Waals surface area contributed by atoms with E-state index < -0.39 is 17.9 Å². The van der Waals surface area contributed by atoms with Crippen molar-refractivity contribution in [3.05, 3.63) is 30.0 Å². The van der Waals surface area contributed by atoms with E-state index in [2.05, 4.69) is 15.5 Å². The number of para-hydroxylation sites is 1. The zero-order chi connectivity index (χ0) is 14.7. The number of rotatable bonds is 5. The Labute approximate surface area is 116 Å². The van der Waals surface area contributed by atoms with Crippen molar-refractivity contribution in [2.24, 2.45) is 5.92 Å². The van der Waals surface area contributed by atoms with E-state index in [-0.39, 0.29) is 11.6 Å². The molecule has 20 heavy (non-hydrogen) atoms. The molecule has 0 aliphatic rings. The molecule has 0 aliphatic heterocycles. The van der Waals surface area contributed by atoms with Gasteiger partial charge in [0.25, 0.3) is 5.91 Å². The number of aromatic nitrogens is 2. The van der Waals surface area contributed by atoms with Crippen LogP contribution in [0.4, 0.5) is 0 Å². The van der Waals surface area contributed by atoms with Crippen LogP contribution in [0.2, 0.25) is 0 Å². The topological polar surface area (TPSA) is 95.1 Å². The summed E-state index contributed by atoms with van der Waals surface area (Å²) >= 11 is 0. The minimum Gasteiger partial charge on any atom is -0.480 e. The lowest BCUT2D eigenvalue weighted by molar-refractivity contribution is -0.139. The fraction of sp³-hybridized carbons (Fsp3) is 0.357. The summed E-state index contributed by atoms with van der Waals surface area (Å²) in [6.07, 6.45) is 0.378. The monoisotopic (exact) mass is 275 g/mol. The van der Waals surface area contributed by atoms with Crippen LogP contribution in [0.15, 0.2) is 24.3 Å². The lowest BCUT2D eigenvalue weighted by Crippen LogP contribution is -2.41. The number of nitrogens with zero attached hydrogens (tertiary/aromatic N) is 1. The minimum atomic E-state index is -1.04. The molecule has 0 fully saturated rings. The molecule has 3 N–H and O–H groups in total. The summed E-state index contributed by atoms with van der Waals surface area (Å²) in [5.74, 6) is -1.34. The lowest BCUT2D eigenvalue weighted by Gasteiger charge is -2.15. The average Bonchev–Trinajstić information content (AvgIpc) is 2.81. The van der Waals surface area contributed by atoms with Crippen LogP contribution in [0.1, 0.15) is 30.8 Å². The molecule has 106 valence electrons. The summed E-state index contributed by atoms with van der Waals surface area (Å²) in [6, 6.07) is 6.31. The number of hydrogen-bond donors (Lipinski definition) is 3. The van der Waals surface area contributed by atoms with E-state index in [9.17, 15) is 9.59 Å².